The molecule has 0 amide bonds. The molecule has 6 heteroatoms. The summed E-state index contributed by atoms with van der Waals surface area (Å²) in [4.78, 5) is 0.183. The lowest BCUT2D eigenvalue weighted by atomic mass is 10.4. The van der Waals surface area contributed by atoms with Crippen LogP contribution in [0.4, 0.5) is 0 Å². The number of sulfonamides is 1. The van der Waals surface area contributed by atoms with Crippen LogP contribution >= 0.6 is 27.5 Å². The molecule has 0 atom stereocenters. The number of halogens is 2. The van der Waals surface area contributed by atoms with Crippen molar-refractivity contribution >= 4 is 37.6 Å². The third-order valence-electron chi connectivity index (χ3n) is 2.27. The van der Waals surface area contributed by atoms with E-state index in [1.807, 2.05) is 6.92 Å². The summed E-state index contributed by atoms with van der Waals surface area (Å²) in [6.45, 7) is 2.36. The van der Waals surface area contributed by atoms with E-state index >= 15 is 0 Å². The van der Waals surface area contributed by atoms with Gasteiger partial charge in [-0.25, -0.2) is 8.42 Å². The third-order valence-corrected chi connectivity index (χ3v) is 5.32. The average molecular weight is 351 g/mol. The molecule has 0 spiro atoms. The predicted molar refractivity (Wildman–Crippen MR) is 77.0 cm³/mol. The van der Waals surface area contributed by atoms with Gasteiger partial charge >= 0.3 is 0 Å². The van der Waals surface area contributed by atoms with Crippen LogP contribution < -0.4 is 0 Å². The normalized spacial score (nSPS) is 11.5. The number of nitrogens with zero attached hydrogens (tertiary/aromatic N) is 1. The van der Waals surface area contributed by atoms with E-state index in [0.717, 1.165) is 0 Å². The molecule has 0 aliphatic rings. The molecule has 1 aromatic carbocycles. The van der Waals surface area contributed by atoms with E-state index in [2.05, 4.69) is 21.9 Å². The topological polar surface area (TPSA) is 37.4 Å². The van der Waals surface area contributed by atoms with E-state index in [9.17, 15) is 8.42 Å². The van der Waals surface area contributed by atoms with Crippen molar-refractivity contribution < 1.29 is 8.42 Å². The lowest BCUT2D eigenvalue weighted by Gasteiger charge is -2.19. The number of terminal acetylenes is 1. The second-order valence-corrected chi connectivity index (χ2v) is 6.82. The summed E-state index contributed by atoms with van der Waals surface area (Å²) in [5, 5.41) is 0.466. The monoisotopic (exact) mass is 349 g/mol. The van der Waals surface area contributed by atoms with Crippen molar-refractivity contribution in [2.24, 2.45) is 0 Å². The Kier molecular flexibility index (Phi) is 5.67. The van der Waals surface area contributed by atoms with Crippen molar-refractivity contribution in [3.8, 4) is 12.3 Å². The first-order valence-electron chi connectivity index (χ1n) is 5.32. The summed E-state index contributed by atoms with van der Waals surface area (Å²) in [5.41, 5.74) is 0. The summed E-state index contributed by atoms with van der Waals surface area (Å²) in [6.07, 6.45) is 5.91. The molecule has 3 nitrogen and oxygen atoms in total. The molecule has 0 aliphatic carbocycles. The molecule has 18 heavy (non-hydrogen) atoms. The third kappa shape index (κ3) is 3.48. The lowest BCUT2D eigenvalue weighted by molar-refractivity contribution is 0.445. The Morgan fingerprint density at radius 2 is 2.17 bits per heavy atom. The fourth-order valence-electron chi connectivity index (χ4n) is 1.42. The van der Waals surface area contributed by atoms with Gasteiger partial charge < -0.3 is 0 Å². The van der Waals surface area contributed by atoms with Crippen LogP contribution in [0.25, 0.3) is 0 Å². The Morgan fingerprint density at radius 1 is 1.50 bits per heavy atom. The fourth-order valence-corrected chi connectivity index (χ4v) is 3.54. The van der Waals surface area contributed by atoms with Gasteiger partial charge in [-0.3, -0.25) is 0 Å². The summed E-state index contributed by atoms with van der Waals surface area (Å²) in [7, 11) is -3.56. The number of benzene rings is 1. The van der Waals surface area contributed by atoms with Gasteiger partial charge in [-0.15, -0.1) is 6.42 Å². The van der Waals surface area contributed by atoms with Gasteiger partial charge in [0.2, 0.25) is 10.0 Å². The lowest BCUT2D eigenvalue weighted by Crippen LogP contribution is -2.32. The van der Waals surface area contributed by atoms with Crippen molar-refractivity contribution in [2.45, 2.75) is 18.2 Å². The van der Waals surface area contributed by atoms with Crippen LogP contribution in [0.2, 0.25) is 5.02 Å². The first kappa shape index (κ1) is 15.5. The van der Waals surface area contributed by atoms with Crippen LogP contribution in [0.15, 0.2) is 27.6 Å². The smallest absolute Gasteiger partial charge is 0.207 e. The predicted octanol–water partition coefficient (Wildman–Crippen LogP) is 3.14. The first-order valence-corrected chi connectivity index (χ1v) is 7.93. The Bertz CT molecular complexity index is 566. The van der Waals surface area contributed by atoms with Crippen molar-refractivity contribution in [1.82, 2.24) is 4.31 Å². The van der Waals surface area contributed by atoms with Crippen molar-refractivity contribution in [3.63, 3.8) is 0 Å². The number of rotatable bonds is 5. The zero-order valence-corrected chi connectivity index (χ0v) is 13.0. The summed E-state index contributed by atoms with van der Waals surface area (Å²) in [6, 6.07) is 4.50. The quantitative estimate of drug-likeness (QED) is 0.765. The van der Waals surface area contributed by atoms with E-state index in [-0.39, 0.29) is 11.4 Å². The van der Waals surface area contributed by atoms with E-state index in [4.69, 9.17) is 18.0 Å². The Labute approximate surface area is 121 Å². The van der Waals surface area contributed by atoms with Crippen LogP contribution in [0, 0.1) is 12.3 Å². The molecule has 1 rings (SSSR count). The van der Waals surface area contributed by atoms with Crippen LogP contribution in [0.1, 0.15) is 13.3 Å². The van der Waals surface area contributed by atoms with E-state index < -0.39 is 10.0 Å². The van der Waals surface area contributed by atoms with Gasteiger partial charge in [0.05, 0.1) is 16.5 Å². The molecular formula is C12H13BrClNO2S. The highest BCUT2D eigenvalue weighted by atomic mass is 79.9. The van der Waals surface area contributed by atoms with Gasteiger partial charge in [-0.1, -0.05) is 24.4 Å². The van der Waals surface area contributed by atoms with Crippen LogP contribution in [0.3, 0.4) is 0 Å². The van der Waals surface area contributed by atoms with E-state index in [1.54, 1.807) is 6.07 Å². The molecule has 0 saturated heterocycles. The molecule has 0 unspecified atom stereocenters. The Balaban J connectivity index is 3.18. The Hall–Kier alpha value is -0.540. The second kappa shape index (κ2) is 6.58. The molecule has 0 N–H and O–H groups in total. The maximum atomic E-state index is 12.3. The summed E-state index contributed by atoms with van der Waals surface area (Å²) in [5.74, 6) is 2.36. The largest absolute Gasteiger partial charge is 0.243 e. The van der Waals surface area contributed by atoms with Crippen molar-refractivity contribution in [1.29, 1.82) is 0 Å². The number of hydrogen-bond donors (Lipinski definition) is 0. The maximum Gasteiger partial charge on any atom is 0.243 e. The second-order valence-electron chi connectivity index (χ2n) is 3.62. The molecule has 0 aromatic heterocycles. The molecule has 0 aliphatic heterocycles. The highest BCUT2D eigenvalue weighted by Crippen LogP contribution is 2.26. The van der Waals surface area contributed by atoms with E-state index in [1.165, 1.54) is 16.4 Å². The molecule has 0 saturated carbocycles. The number of hydrogen-bond acceptors (Lipinski definition) is 2. The van der Waals surface area contributed by atoms with Gasteiger partial charge in [0.1, 0.15) is 0 Å². The molecule has 0 heterocycles. The molecule has 1 aromatic rings. The molecule has 0 bridgehead atoms. The Morgan fingerprint density at radius 3 is 2.67 bits per heavy atom. The van der Waals surface area contributed by atoms with Gasteiger partial charge in [-0.05, 0) is 40.5 Å². The minimum atomic E-state index is -3.56. The summed E-state index contributed by atoms with van der Waals surface area (Å²) < 4.78 is 26.5. The van der Waals surface area contributed by atoms with Gasteiger partial charge in [-0.2, -0.15) is 4.31 Å². The summed E-state index contributed by atoms with van der Waals surface area (Å²) >= 11 is 9.06. The maximum absolute atomic E-state index is 12.3. The molecule has 0 radical (unpaired) electrons. The van der Waals surface area contributed by atoms with E-state index in [0.29, 0.717) is 22.5 Å². The zero-order chi connectivity index (χ0) is 13.8. The van der Waals surface area contributed by atoms with Gasteiger partial charge in [0.25, 0.3) is 0 Å². The molecule has 98 valence electrons. The van der Waals surface area contributed by atoms with Crippen LogP contribution in [-0.2, 0) is 10.0 Å². The highest BCUT2D eigenvalue weighted by molar-refractivity contribution is 9.10. The molecule has 0 fully saturated rings. The van der Waals surface area contributed by atoms with Gasteiger partial charge in [0, 0.05) is 11.0 Å². The SMILES string of the molecule is C#CCN(CCC)S(=O)(=O)c1ccc(Cl)c(Br)c1. The first-order chi connectivity index (χ1) is 8.43. The molecular weight excluding hydrogens is 338 g/mol. The zero-order valence-electron chi connectivity index (χ0n) is 9.86. The van der Waals surface area contributed by atoms with Crippen LogP contribution in [-0.4, -0.2) is 25.8 Å². The minimum absolute atomic E-state index is 0.0659. The fraction of sp³-hybridized carbons (Fsp3) is 0.333. The van der Waals surface area contributed by atoms with Crippen molar-refractivity contribution in [3.05, 3.63) is 27.7 Å². The van der Waals surface area contributed by atoms with Gasteiger partial charge in [0.15, 0.2) is 0 Å². The standard InChI is InChI=1S/C12H13BrClNO2S/c1-3-7-15(8-4-2)18(16,17)10-5-6-12(14)11(13)9-10/h1,5-6,9H,4,7-8H2,2H3. The highest BCUT2D eigenvalue weighted by Gasteiger charge is 2.23. The average Bonchev–Trinajstić information content (AvgIpc) is 2.32. The minimum Gasteiger partial charge on any atom is -0.207 e. The van der Waals surface area contributed by atoms with Crippen molar-refractivity contribution in [2.75, 3.05) is 13.1 Å². The van der Waals surface area contributed by atoms with Crippen LogP contribution in [0.5, 0.6) is 0 Å².